The maximum atomic E-state index is 12.7. The van der Waals surface area contributed by atoms with E-state index in [1.165, 1.54) is 0 Å². The number of aliphatic hydroxyl groups excluding tert-OH is 2. The molecule has 61 heavy (non-hydrogen) atoms. The Labute approximate surface area is 363 Å². The number of carboxylic acid groups (broad SMARTS) is 1. The first-order chi connectivity index (χ1) is 29.3. The summed E-state index contributed by atoms with van der Waals surface area (Å²) in [5, 5.41) is 29.6. The molecule has 1 rings (SSSR count). The number of esters is 2. The minimum atomic E-state index is -4.80. The second-order valence-corrected chi connectivity index (χ2v) is 16.7. The number of ether oxygens (including phenoxy) is 2. The summed E-state index contributed by atoms with van der Waals surface area (Å²) in [4.78, 5) is 58.7. The van der Waals surface area contributed by atoms with Crippen molar-refractivity contribution in [3.05, 3.63) is 72.9 Å². The molecule has 0 spiro atoms. The molecule has 1 aliphatic carbocycles. The predicted octanol–water partition coefficient (Wildman–Crippen LogP) is 8.31. The van der Waals surface area contributed by atoms with E-state index in [1.807, 2.05) is 12.2 Å². The fourth-order valence-corrected chi connectivity index (χ4v) is 7.05. The number of rotatable bonds is 36. The molecule has 7 atom stereocenters. The van der Waals surface area contributed by atoms with Crippen molar-refractivity contribution in [1.29, 1.82) is 0 Å². The number of phosphoric ester groups is 1. The van der Waals surface area contributed by atoms with Gasteiger partial charge >= 0.3 is 25.7 Å². The van der Waals surface area contributed by atoms with Crippen molar-refractivity contribution >= 4 is 31.5 Å². The maximum absolute atomic E-state index is 12.7. The molecule has 346 valence electrons. The number of Topliss-reactive ketones (excluding diaryl/α,β-unsaturated/α-hetero) is 1. The van der Waals surface area contributed by atoms with Crippen LogP contribution >= 0.6 is 7.82 Å². The average molecular weight is 880 g/mol. The smallest absolute Gasteiger partial charge is 0.472 e. The van der Waals surface area contributed by atoms with Crippen LogP contribution in [0.5, 0.6) is 0 Å². The standard InChI is InChI=1S/C46H74NO13P/c1-3-5-7-8-9-10-11-12-13-14-15-16-17-18-19-20-25-29-44(51)57-34-38(35-58-61(55,56)59-36-41(47)46(53)54)60-45(52)30-26-22-21-24-28-39-40(43(50)33-42(39)49)32-31-37(48)27-23-6-4-2/h5,7,9-10,12-13,15-16,21,24,31-32,37-42,48-49H,3-4,6,8,11,14,17-20,22-23,25-30,33-36,47H2,1-2H3,(H,53,54)(H,55,56)/b7-5-,10-9-,13-12-,16-15-,24-21-,32-31+/t37-,38+,39+,40+,41-,42-/m0/s1. The number of hydrogen-bond acceptors (Lipinski definition) is 12. The first-order valence-corrected chi connectivity index (χ1v) is 23.6. The molecule has 0 saturated heterocycles. The molecule has 0 aromatic carbocycles. The molecule has 0 radical (unpaired) electrons. The molecule has 0 bridgehead atoms. The van der Waals surface area contributed by atoms with Crippen molar-refractivity contribution < 1.29 is 62.5 Å². The number of aliphatic carboxylic acids is 1. The van der Waals surface area contributed by atoms with Crippen molar-refractivity contribution in [2.45, 2.75) is 160 Å². The fourth-order valence-electron chi connectivity index (χ4n) is 6.27. The fraction of sp³-hybridized carbons (Fsp3) is 0.652. The van der Waals surface area contributed by atoms with Gasteiger partial charge in [-0.1, -0.05) is 119 Å². The van der Waals surface area contributed by atoms with Gasteiger partial charge in [-0.25, -0.2) is 4.57 Å². The van der Waals surface area contributed by atoms with Crippen molar-refractivity contribution in [2.75, 3.05) is 19.8 Å². The summed E-state index contributed by atoms with van der Waals surface area (Å²) >= 11 is 0. The van der Waals surface area contributed by atoms with Crippen LogP contribution in [-0.2, 0) is 42.3 Å². The lowest BCUT2D eigenvalue weighted by Gasteiger charge is -2.20. The minimum absolute atomic E-state index is 0.0394. The SMILES string of the molecule is CC/C=C\C/C=C\C/C=C\C/C=C\CCCCCCC(=O)OC[C@H](COP(=O)(O)OC[C@H](N)C(=O)O)OC(=O)CCC/C=C\C[C@H]1[C@@H](O)CC(=O)[C@@H]1/C=C/[C@@H](O)CCCCC. The lowest BCUT2D eigenvalue weighted by molar-refractivity contribution is -0.161. The third kappa shape index (κ3) is 29.4. The van der Waals surface area contributed by atoms with E-state index in [0.29, 0.717) is 32.1 Å². The molecule has 0 aromatic rings. The van der Waals surface area contributed by atoms with E-state index in [-0.39, 0.29) is 31.0 Å². The Morgan fingerprint density at radius 1 is 0.787 bits per heavy atom. The first-order valence-electron chi connectivity index (χ1n) is 22.1. The van der Waals surface area contributed by atoms with E-state index in [0.717, 1.165) is 70.6 Å². The molecule has 1 aliphatic rings. The van der Waals surface area contributed by atoms with Crippen LogP contribution in [0.3, 0.4) is 0 Å². The third-order valence-electron chi connectivity index (χ3n) is 9.82. The number of carbonyl (C=O) groups excluding carboxylic acids is 3. The Balaban J connectivity index is 2.53. The van der Waals surface area contributed by atoms with E-state index >= 15 is 0 Å². The van der Waals surface area contributed by atoms with Crippen LogP contribution in [-0.4, -0.2) is 88.1 Å². The van der Waals surface area contributed by atoms with Gasteiger partial charge in [-0.15, -0.1) is 0 Å². The molecule has 14 nitrogen and oxygen atoms in total. The van der Waals surface area contributed by atoms with Gasteiger partial charge in [0.25, 0.3) is 0 Å². The maximum Gasteiger partial charge on any atom is 0.472 e. The highest BCUT2D eigenvalue weighted by Crippen LogP contribution is 2.43. The molecule has 0 amide bonds. The third-order valence-corrected chi connectivity index (χ3v) is 10.8. The number of aliphatic hydroxyl groups is 2. The second kappa shape index (κ2) is 35.0. The number of nitrogens with two attached hydrogens (primary N) is 1. The van der Waals surface area contributed by atoms with Crippen LogP contribution in [0.15, 0.2) is 72.9 Å². The Kier molecular flexibility index (Phi) is 31.9. The quantitative estimate of drug-likeness (QED) is 0.0173. The Hall–Kier alpha value is -3.49. The van der Waals surface area contributed by atoms with E-state index in [2.05, 4.69) is 67.0 Å². The monoisotopic (exact) mass is 879 g/mol. The molecule has 0 aliphatic heterocycles. The Bertz CT molecular complexity index is 1470. The second-order valence-electron chi connectivity index (χ2n) is 15.2. The van der Waals surface area contributed by atoms with Gasteiger partial charge < -0.3 is 35.4 Å². The number of carboxylic acids is 1. The highest BCUT2D eigenvalue weighted by molar-refractivity contribution is 7.47. The van der Waals surface area contributed by atoms with Crippen LogP contribution in [0.1, 0.15) is 136 Å². The number of unbranched alkanes of at least 4 members (excludes halogenated alkanes) is 7. The van der Waals surface area contributed by atoms with Crippen LogP contribution in [0.4, 0.5) is 0 Å². The lowest BCUT2D eigenvalue weighted by Crippen LogP contribution is -2.34. The molecular formula is C46H74NO13P. The Morgan fingerprint density at radius 2 is 1.39 bits per heavy atom. The van der Waals surface area contributed by atoms with E-state index < -0.39 is 75.8 Å². The van der Waals surface area contributed by atoms with Crippen LogP contribution in [0.2, 0.25) is 0 Å². The summed E-state index contributed by atoms with van der Waals surface area (Å²) in [7, 11) is -4.80. The molecule has 0 heterocycles. The molecule has 1 fully saturated rings. The minimum Gasteiger partial charge on any atom is -0.480 e. The largest absolute Gasteiger partial charge is 0.480 e. The lowest BCUT2D eigenvalue weighted by atomic mass is 9.90. The molecular weight excluding hydrogens is 805 g/mol. The van der Waals surface area contributed by atoms with Crippen LogP contribution in [0.25, 0.3) is 0 Å². The van der Waals surface area contributed by atoms with Gasteiger partial charge in [-0.05, 0) is 70.6 Å². The van der Waals surface area contributed by atoms with Crippen molar-refractivity contribution in [3.63, 3.8) is 0 Å². The Morgan fingerprint density at radius 3 is 2.07 bits per heavy atom. The zero-order chi connectivity index (χ0) is 45.1. The molecule has 15 heteroatoms. The van der Waals surface area contributed by atoms with Crippen molar-refractivity contribution in [3.8, 4) is 0 Å². The van der Waals surface area contributed by atoms with E-state index in [9.17, 15) is 38.8 Å². The van der Waals surface area contributed by atoms with Gasteiger partial charge in [0.05, 0.1) is 25.4 Å². The number of hydrogen-bond donors (Lipinski definition) is 5. The van der Waals surface area contributed by atoms with Crippen molar-refractivity contribution in [2.24, 2.45) is 17.6 Å². The number of phosphoric acid groups is 1. The molecule has 6 N–H and O–H groups in total. The van der Waals surface area contributed by atoms with Gasteiger partial charge in [0.15, 0.2) is 6.10 Å². The zero-order valence-corrected chi connectivity index (χ0v) is 37.3. The van der Waals surface area contributed by atoms with Crippen molar-refractivity contribution in [1.82, 2.24) is 0 Å². The van der Waals surface area contributed by atoms with E-state index in [4.69, 9.17) is 24.8 Å². The zero-order valence-electron chi connectivity index (χ0n) is 36.4. The summed E-state index contributed by atoms with van der Waals surface area (Å²) in [6.45, 7) is 2.27. The van der Waals surface area contributed by atoms with Gasteiger partial charge in [0, 0.05) is 31.1 Å². The summed E-state index contributed by atoms with van der Waals surface area (Å²) in [5.74, 6) is -3.51. The number of allylic oxidation sites excluding steroid dienone is 11. The topological polar surface area (TPSA) is 229 Å². The highest BCUT2D eigenvalue weighted by Gasteiger charge is 2.39. The van der Waals surface area contributed by atoms with E-state index in [1.54, 1.807) is 12.2 Å². The molecule has 0 aromatic heterocycles. The molecule has 1 unspecified atom stereocenters. The average Bonchev–Trinajstić information content (AvgIpc) is 3.49. The normalized spacial score (nSPS) is 19.8. The predicted molar refractivity (Wildman–Crippen MR) is 236 cm³/mol. The summed E-state index contributed by atoms with van der Waals surface area (Å²) < 4.78 is 32.6. The summed E-state index contributed by atoms with van der Waals surface area (Å²) in [6, 6.07) is -1.57. The van der Waals surface area contributed by atoms with Gasteiger partial charge in [0.2, 0.25) is 0 Å². The van der Waals surface area contributed by atoms with Crippen LogP contribution in [0, 0.1) is 11.8 Å². The highest BCUT2D eigenvalue weighted by atomic mass is 31.2. The van der Waals surface area contributed by atoms with Gasteiger partial charge in [-0.3, -0.25) is 28.2 Å². The first kappa shape index (κ1) is 55.5. The number of ketones is 1. The molecule has 1 saturated carbocycles. The summed E-state index contributed by atoms with van der Waals surface area (Å²) in [5.41, 5.74) is 5.32. The summed E-state index contributed by atoms with van der Waals surface area (Å²) in [6.07, 6.45) is 34.8. The van der Waals surface area contributed by atoms with Gasteiger partial charge in [0.1, 0.15) is 18.4 Å². The number of carbonyl (C=O) groups is 4. The van der Waals surface area contributed by atoms with Gasteiger partial charge in [-0.2, -0.15) is 0 Å². The van der Waals surface area contributed by atoms with Crippen LogP contribution < -0.4 is 5.73 Å².